The van der Waals surface area contributed by atoms with Gasteiger partial charge in [0.1, 0.15) is 18.0 Å². The van der Waals surface area contributed by atoms with Crippen molar-refractivity contribution in [1.29, 1.82) is 0 Å². The first-order chi connectivity index (χ1) is 12.3. The molecule has 0 aromatic carbocycles. The van der Waals surface area contributed by atoms with Crippen LogP contribution in [-0.4, -0.2) is 60.9 Å². The second kappa shape index (κ2) is 5.73. The number of hydrogen-bond donors (Lipinski definition) is 0. The van der Waals surface area contributed by atoms with Crippen LogP contribution in [0.2, 0.25) is 0 Å². The molecule has 0 unspecified atom stereocenters. The Labute approximate surface area is 145 Å². The van der Waals surface area contributed by atoms with Crippen molar-refractivity contribution < 1.29 is 0 Å². The largest absolute Gasteiger partial charge is 0.352 e. The van der Waals surface area contributed by atoms with Crippen LogP contribution in [0.25, 0.3) is 5.65 Å². The zero-order valence-corrected chi connectivity index (χ0v) is 14.2. The van der Waals surface area contributed by atoms with Gasteiger partial charge in [-0.15, -0.1) is 15.3 Å². The molecule has 0 N–H and O–H groups in total. The third-order valence-corrected chi connectivity index (χ3v) is 5.06. The number of anilines is 1. The van der Waals surface area contributed by atoms with Gasteiger partial charge in [-0.25, -0.2) is 9.97 Å². The molecule has 2 fully saturated rings. The molecule has 0 radical (unpaired) electrons. The number of nitrogens with zero attached hydrogens (tertiary/aromatic N) is 8. The van der Waals surface area contributed by atoms with E-state index in [1.807, 2.05) is 24.5 Å². The molecule has 0 amide bonds. The lowest BCUT2D eigenvalue weighted by Crippen LogP contribution is -2.58. The van der Waals surface area contributed by atoms with E-state index in [9.17, 15) is 0 Å². The van der Waals surface area contributed by atoms with Crippen LogP contribution in [0, 0.1) is 0 Å². The fraction of sp³-hybridized carbons (Fsp3) is 0.471. The molecule has 5 rings (SSSR count). The van der Waals surface area contributed by atoms with Crippen molar-refractivity contribution in [2.75, 3.05) is 25.0 Å². The predicted octanol–water partition coefficient (Wildman–Crippen LogP) is 1.11. The first-order valence-corrected chi connectivity index (χ1v) is 8.69. The van der Waals surface area contributed by atoms with Gasteiger partial charge in [0.15, 0.2) is 5.65 Å². The van der Waals surface area contributed by atoms with E-state index < -0.39 is 0 Å². The van der Waals surface area contributed by atoms with Crippen LogP contribution in [0.3, 0.4) is 0 Å². The van der Waals surface area contributed by atoms with Gasteiger partial charge >= 0.3 is 0 Å². The SMILES string of the molecule is CN(Cc1cnc(C2CC2)nc1)C1CN(c2ccc3nncn3n2)C1. The molecule has 3 aromatic heterocycles. The summed E-state index contributed by atoms with van der Waals surface area (Å²) in [5.74, 6) is 2.59. The maximum absolute atomic E-state index is 4.55. The van der Waals surface area contributed by atoms with Crippen molar-refractivity contribution in [3.8, 4) is 0 Å². The van der Waals surface area contributed by atoms with E-state index in [1.54, 1.807) is 10.8 Å². The molecule has 1 saturated carbocycles. The fourth-order valence-corrected chi connectivity index (χ4v) is 3.22. The molecule has 1 saturated heterocycles. The number of fused-ring (bicyclic) bond motifs is 1. The Morgan fingerprint density at radius 1 is 1.16 bits per heavy atom. The van der Waals surface area contributed by atoms with Crippen molar-refractivity contribution in [2.24, 2.45) is 0 Å². The third-order valence-electron chi connectivity index (χ3n) is 5.06. The zero-order valence-electron chi connectivity index (χ0n) is 14.2. The van der Waals surface area contributed by atoms with Crippen LogP contribution in [0.4, 0.5) is 5.82 Å². The van der Waals surface area contributed by atoms with Crippen LogP contribution in [0.15, 0.2) is 30.9 Å². The minimum Gasteiger partial charge on any atom is -0.352 e. The highest BCUT2D eigenvalue weighted by atomic mass is 15.4. The summed E-state index contributed by atoms with van der Waals surface area (Å²) >= 11 is 0. The van der Waals surface area contributed by atoms with Crippen molar-refractivity contribution in [3.05, 3.63) is 42.2 Å². The standard InChI is InChI=1S/C17H20N8/c1-23(8-12-6-18-17(19-7-12)13-2-3-13)14-9-24(10-14)16-5-4-15-21-20-11-25(15)22-16/h4-7,11,13-14H,2-3,8-10H2,1H3. The van der Waals surface area contributed by atoms with Gasteiger partial charge in [-0.3, -0.25) is 4.90 Å². The number of aromatic nitrogens is 6. The Bertz CT molecular complexity index is 879. The first-order valence-electron chi connectivity index (χ1n) is 8.69. The van der Waals surface area contributed by atoms with Crippen molar-refractivity contribution >= 4 is 11.5 Å². The predicted molar refractivity (Wildman–Crippen MR) is 92.3 cm³/mol. The summed E-state index contributed by atoms with van der Waals surface area (Å²) in [6.45, 7) is 2.82. The van der Waals surface area contributed by atoms with Gasteiger partial charge in [-0.05, 0) is 32.0 Å². The van der Waals surface area contributed by atoms with Gasteiger partial charge in [0.25, 0.3) is 0 Å². The molecule has 3 aromatic rings. The molecule has 4 heterocycles. The number of hydrogen-bond acceptors (Lipinski definition) is 7. The smallest absolute Gasteiger partial charge is 0.177 e. The lowest BCUT2D eigenvalue weighted by atomic mass is 10.1. The Morgan fingerprint density at radius 3 is 2.72 bits per heavy atom. The van der Waals surface area contributed by atoms with Crippen molar-refractivity contribution in [1.82, 2.24) is 34.7 Å². The summed E-state index contributed by atoms with van der Waals surface area (Å²) in [4.78, 5) is 13.7. The minimum absolute atomic E-state index is 0.515. The fourth-order valence-electron chi connectivity index (χ4n) is 3.22. The average Bonchev–Trinajstić information content (AvgIpc) is 3.32. The highest BCUT2D eigenvalue weighted by Gasteiger charge is 2.31. The highest BCUT2D eigenvalue weighted by Crippen LogP contribution is 2.37. The molecule has 8 nitrogen and oxygen atoms in total. The van der Waals surface area contributed by atoms with Gasteiger partial charge in [-0.1, -0.05) is 0 Å². The van der Waals surface area contributed by atoms with Gasteiger partial charge in [-0.2, -0.15) is 4.52 Å². The summed E-state index contributed by atoms with van der Waals surface area (Å²) < 4.78 is 1.71. The van der Waals surface area contributed by atoms with E-state index in [0.717, 1.165) is 36.9 Å². The Morgan fingerprint density at radius 2 is 1.96 bits per heavy atom. The summed E-state index contributed by atoms with van der Waals surface area (Å²) in [6, 6.07) is 4.47. The quantitative estimate of drug-likeness (QED) is 0.691. The second-order valence-corrected chi connectivity index (χ2v) is 7.02. The maximum atomic E-state index is 4.55. The van der Waals surface area contributed by atoms with E-state index in [2.05, 4.69) is 42.1 Å². The lowest BCUT2D eigenvalue weighted by molar-refractivity contribution is 0.196. The molecular weight excluding hydrogens is 316 g/mol. The second-order valence-electron chi connectivity index (χ2n) is 7.02. The molecule has 0 bridgehead atoms. The molecule has 8 heteroatoms. The summed E-state index contributed by atoms with van der Waals surface area (Å²) in [6.07, 6.45) is 8.08. The van der Waals surface area contributed by atoms with Crippen LogP contribution in [0.5, 0.6) is 0 Å². The Balaban J connectivity index is 1.19. The Kier molecular flexibility index (Phi) is 3.37. The molecule has 0 spiro atoms. The average molecular weight is 336 g/mol. The lowest BCUT2D eigenvalue weighted by Gasteiger charge is -2.44. The van der Waals surface area contributed by atoms with E-state index >= 15 is 0 Å². The van der Waals surface area contributed by atoms with E-state index in [0.29, 0.717) is 12.0 Å². The van der Waals surface area contributed by atoms with Gasteiger partial charge < -0.3 is 4.90 Å². The third kappa shape index (κ3) is 2.82. The van der Waals surface area contributed by atoms with Crippen LogP contribution < -0.4 is 4.90 Å². The van der Waals surface area contributed by atoms with E-state index in [1.165, 1.54) is 18.4 Å². The van der Waals surface area contributed by atoms with Crippen LogP contribution in [0.1, 0.15) is 30.1 Å². The molecular formula is C17H20N8. The van der Waals surface area contributed by atoms with Gasteiger partial charge in [0.2, 0.25) is 0 Å². The van der Waals surface area contributed by atoms with Gasteiger partial charge in [0.05, 0.1) is 0 Å². The molecule has 0 atom stereocenters. The number of rotatable bonds is 5. The molecule has 25 heavy (non-hydrogen) atoms. The summed E-state index contributed by atoms with van der Waals surface area (Å²) in [5.41, 5.74) is 1.95. The minimum atomic E-state index is 0.515. The Hall–Kier alpha value is -2.61. The van der Waals surface area contributed by atoms with Gasteiger partial charge in [0, 0.05) is 49.6 Å². The van der Waals surface area contributed by atoms with Crippen molar-refractivity contribution in [3.63, 3.8) is 0 Å². The van der Waals surface area contributed by atoms with E-state index in [-0.39, 0.29) is 0 Å². The summed E-state index contributed by atoms with van der Waals surface area (Å²) in [7, 11) is 2.16. The first kappa shape index (κ1) is 14.7. The summed E-state index contributed by atoms with van der Waals surface area (Å²) in [5, 5.41) is 12.4. The van der Waals surface area contributed by atoms with E-state index in [4.69, 9.17) is 0 Å². The molecule has 1 aliphatic carbocycles. The molecule has 1 aliphatic heterocycles. The molecule has 128 valence electrons. The van der Waals surface area contributed by atoms with Crippen molar-refractivity contribution in [2.45, 2.75) is 31.3 Å². The maximum Gasteiger partial charge on any atom is 0.177 e. The van der Waals surface area contributed by atoms with Crippen LogP contribution >= 0.6 is 0 Å². The monoisotopic (exact) mass is 336 g/mol. The van der Waals surface area contributed by atoms with Crippen LogP contribution in [-0.2, 0) is 6.54 Å². The topological polar surface area (TPSA) is 75.3 Å². The zero-order chi connectivity index (χ0) is 16.8. The molecule has 2 aliphatic rings. The normalized spacial score (nSPS) is 18.1. The highest BCUT2D eigenvalue weighted by molar-refractivity contribution is 5.47. The number of likely N-dealkylation sites (N-methyl/N-ethyl adjacent to an activating group) is 1.